The average Bonchev–Trinajstić information content (AvgIpc) is 2.66. The van der Waals surface area contributed by atoms with Crippen LogP contribution in [0.25, 0.3) is 0 Å². The summed E-state index contributed by atoms with van der Waals surface area (Å²) >= 11 is 5.83. The van der Waals surface area contributed by atoms with Crippen molar-refractivity contribution in [1.82, 2.24) is 5.32 Å². The van der Waals surface area contributed by atoms with E-state index in [9.17, 15) is 14.4 Å². The maximum Gasteiger partial charge on any atom is 0.341 e. The van der Waals surface area contributed by atoms with E-state index < -0.39 is 12.1 Å². The molecule has 0 aliphatic heterocycles. The van der Waals surface area contributed by atoms with Gasteiger partial charge in [0.2, 0.25) is 0 Å². The van der Waals surface area contributed by atoms with Crippen molar-refractivity contribution in [3.05, 3.63) is 64.7 Å². The summed E-state index contributed by atoms with van der Waals surface area (Å²) in [5.41, 5.74) is 0.851. The molecule has 2 N–H and O–H groups in total. The van der Waals surface area contributed by atoms with E-state index in [0.717, 1.165) is 0 Å². The third kappa shape index (κ3) is 6.09. The van der Waals surface area contributed by atoms with Crippen LogP contribution in [-0.4, -0.2) is 30.4 Å². The van der Waals surface area contributed by atoms with Crippen LogP contribution in [0.3, 0.4) is 0 Å². The smallest absolute Gasteiger partial charge is 0.341 e. The Morgan fingerprint density at radius 1 is 1.00 bits per heavy atom. The third-order valence-corrected chi connectivity index (χ3v) is 4.09. The number of benzene rings is 2. The molecule has 0 aliphatic rings. The highest BCUT2D eigenvalue weighted by molar-refractivity contribution is 6.30. The van der Waals surface area contributed by atoms with Gasteiger partial charge in [-0.15, -0.1) is 0 Å². The number of halogens is 1. The molecule has 0 spiro atoms. The largest absolute Gasteiger partial charge is 0.449 e. The lowest BCUT2D eigenvalue weighted by molar-refractivity contribution is -0.129. The Morgan fingerprint density at radius 2 is 1.64 bits per heavy atom. The van der Waals surface area contributed by atoms with Gasteiger partial charge in [-0.3, -0.25) is 9.59 Å². The lowest BCUT2D eigenvalue weighted by atomic mass is 10.1. The van der Waals surface area contributed by atoms with Crippen molar-refractivity contribution in [3.63, 3.8) is 0 Å². The predicted molar refractivity (Wildman–Crippen MR) is 109 cm³/mol. The number of para-hydroxylation sites is 1. The standard InChI is InChI=1S/C21H23ClN2O4/c1-13(2)12-23-19(25)14(3)28-21(27)17-6-4-5-7-18(17)24-20(26)15-8-10-16(22)11-9-15/h4-11,13-14H,12H2,1-3H3,(H,23,25)(H,24,26)/t14-/m1/s1. The minimum absolute atomic E-state index is 0.160. The van der Waals surface area contributed by atoms with Gasteiger partial charge in [0.1, 0.15) is 0 Å². The van der Waals surface area contributed by atoms with E-state index in [1.54, 1.807) is 42.5 Å². The second-order valence-corrected chi connectivity index (χ2v) is 7.13. The molecule has 0 saturated heterocycles. The number of nitrogens with one attached hydrogen (secondary N) is 2. The zero-order valence-electron chi connectivity index (χ0n) is 16.0. The van der Waals surface area contributed by atoms with E-state index in [1.165, 1.54) is 13.0 Å². The van der Waals surface area contributed by atoms with E-state index in [4.69, 9.17) is 16.3 Å². The Kier molecular flexibility index (Phi) is 7.58. The summed E-state index contributed by atoms with van der Waals surface area (Å²) in [7, 11) is 0. The fraction of sp³-hybridized carbons (Fsp3) is 0.286. The van der Waals surface area contributed by atoms with Crippen molar-refractivity contribution in [2.24, 2.45) is 5.92 Å². The number of anilines is 1. The number of carbonyl (C=O) groups excluding carboxylic acids is 3. The number of amides is 2. The number of rotatable bonds is 7. The van der Waals surface area contributed by atoms with E-state index in [-0.39, 0.29) is 23.3 Å². The highest BCUT2D eigenvalue weighted by Crippen LogP contribution is 2.19. The van der Waals surface area contributed by atoms with Crippen LogP contribution in [0.15, 0.2) is 48.5 Å². The van der Waals surface area contributed by atoms with E-state index in [1.807, 2.05) is 13.8 Å². The SMILES string of the molecule is CC(C)CNC(=O)[C@@H](C)OC(=O)c1ccccc1NC(=O)c1ccc(Cl)cc1. The van der Waals surface area contributed by atoms with Crippen LogP contribution in [0.4, 0.5) is 5.69 Å². The Morgan fingerprint density at radius 3 is 2.29 bits per heavy atom. The number of hydrogen-bond acceptors (Lipinski definition) is 4. The van der Waals surface area contributed by atoms with Gasteiger partial charge in [-0.25, -0.2) is 4.79 Å². The minimum Gasteiger partial charge on any atom is -0.449 e. The summed E-state index contributed by atoms with van der Waals surface area (Å²) in [4.78, 5) is 36.9. The van der Waals surface area contributed by atoms with Gasteiger partial charge < -0.3 is 15.4 Å². The molecule has 0 fully saturated rings. The van der Waals surface area contributed by atoms with Crippen molar-refractivity contribution in [2.75, 3.05) is 11.9 Å². The molecule has 2 amide bonds. The first-order valence-electron chi connectivity index (χ1n) is 8.92. The van der Waals surface area contributed by atoms with Gasteiger partial charge in [0.25, 0.3) is 11.8 Å². The van der Waals surface area contributed by atoms with Crippen LogP contribution in [-0.2, 0) is 9.53 Å². The van der Waals surface area contributed by atoms with Crippen molar-refractivity contribution in [2.45, 2.75) is 26.9 Å². The van der Waals surface area contributed by atoms with Gasteiger partial charge in [-0.1, -0.05) is 37.6 Å². The molecule has 0 saturated carbocycles. The highest BCUT2D eigenvalue weighted by atomic mass is 35.5. The lowest BCUT2D eigenvalue weighted by Crippen LogP contribution is -2.37. The zero-order valence-corrected chi connectivity index (χ0v) is 16.7. The van der Waals surface area contributed by atoms with Crippen LogP contribution in [0, 0.1) is 5.92 Å². The van der Waals surface area contributed by atoms with Gasteiger partial charge >= 0.3 is 5.97 Å². The second-order valence-electron chi connectivity index (χ2n) is 6.69. The van der Waals surface area contributed by atoms with Crippen molar-refractivity contribution >= 4 is 35.1 Å². The van der Waals surface area contributed by atoms with Crippen LogP contribution in [0.2, 0.25) is 5.02 Å². The molecule has 2 aromatic rings. The van der Waals surface area contributed by atoms with E-state index >= 15 is 0 Å². The van der Waals surface area contributed by atoms with Crippen LogP contribution < -0.4 is 10.6 Å². The third-order valence-electron chi connectivity index (χ3n) is 3.84. The quantitative estimate of drug-likeness (QED) is 0.687. The van der Waals surface area contributed by atoms with Gasteiger partial charge in [0.15, 0.2) is 6.10 Å². The van der Waals surface area contributed by atoms with Crippen LogP contribution >= 0.6 is 11.6 Å². The molecule has 6 nitrogen and oxygen atoms in total. The highest BCUT2D eigenvalue weighted by Gasteiger charge is 2.21. The molecule has 0 heterocycles. The molecule has 7 heteroatoms. The molecule has 0 bridgehead atoms. The molecule has 2 aromatic carbocycles. The van der Waals surface area contributed by atoms with Crippen molar-refractivity contribution < 1.29 is 19.1 Å². The molecule has 2 rings (SSSR count). The molecular weight excluding hydrogens is 380 g/mol. The second kappa shape index (κ2) is 9.90. The summed E-state index contributed by atoms with van der Waals surface area (Å²) in [6.45, 7) is 5.93. The topological polar surface area (TPSA) is 84.5 Å². The first-order chi connectivity index (χ1) is 13.3. The number of esters is 1. The van der Waals surface area contributed by atoms with Gasteiger partial charge in [-0.2, -0.15) is 0 Å². The molecular formula is C21H23ClN2O4. The fourth-order valence-corrected chi connectivity index (χ4v) is 2.42. The number of carbonyl (C=O) groups is 3. The zero-order chi connectivity index (χ0) is 20.7. The van der Waals surface area contributed by atoms with Crippen LogP contribution in [0.5, 0.6) is 0 Å². The molecule has 0 radical (unpaired) electrons. The van der Waals surface area contributed by atoms with Crippen molar-refractivity contribution in [3.8, 4) is 0 Å². The molecule has 148 valence electrons. The molecule has 0 aliphatic carbocycles. The predicted octanol–water partition coefficient (Wildman–Crippen LogP) is 3.91. The summed E-state index contributed by atoms with van der Waals surface area (Å²) < 4.78 is 5.25. The number of hydrogen-bond donors (Lipinski definition) is 2. The first-order valence-corrected chi connectivity index (χ1v) is 9.30. The summed E-state index contributed by atoms with van der Waals surface area (Å²) in [5, 5.41) is 5.92. The summed E-state index contributed by atoms with van der Waals surface area (Å²) in [6, 6.07) is 12.8. The minimum atomic E-state index is -0.953. The molecule has 1 atom stereocenters. The maximum atomic E-state index is 12.5. The monoisotopic (exact) mass is 402 g/mol. The van der Waals surface area contributed by atoms with Gasteiger partial charge in [-0.05, 0) is 49.2 Å². The van der Waals surface area contributed by atoms with Crippen molar-refractivity contribution in [1.29, 1.82) is 0 Å². The number of ether oxygens (including phenoxy) is 1. The van der Waals surface area contributed by atoms with E-state index in [0.29, 0.717) is 22.8 Å². The van der Waals surface area contributed by atoms with Gasteiger partial charge in [0.05, 0.1) is 11.3 Å². The average molecular weight is 403 g/mol. The first kappa shape index (κ1) is 21.4. The maximum absolute atomic E-state index is 12.5. The summed E-state index contributed by atoms with van der Waals surface area (Å²) in [6.07, 6.45) is -0.953. The molecule has 0 unspecified atom stereocenters. The van der Waals surface area contributed by atoms with Gasteiger partial charge in [0, 0.05) is 17.1 Å². The Labute approximate surface area is 169 Å². The molecule has 0 aromatic heterocycles. The molecule has 28 heavy (non-hydrogen) atoms. The normalized spacial score (nSPS) is 11.6. The Bertz CT molecular complexity index is 850. The van der Waals surface area contributed by atoms with Crippen LogP contribution in [0.1, 0.15) is 41.5 Å². The van der Waals surface area contributed by atoms with E-state index in [2.05, 4.69) is 10.6 Å². The summed E-state index contributed by atoms with van der Waals surface area (Å²) in [5.74, 6) is -1.17. The fourth-order valence-electron chi connectivity index (χ4n) is 2.29. The Balaban J connectivity index is 2.08. The Hall–Kier alpha value is -2.86. The lowest BCUT2D eigenvalue weighted by Gasteiger charge is -2.16.